The monoisotopic (exact) mass is 571 g/mol. The smallest absolute Gasteiger partial charge is 0.460 e. The third-order valence-electron chi connectivity index (χ3n) is 7.61. The van der Waals surface area contributed by atoms with Crippen molar-refractivity contribution < 1.29 is 32.6 Å². The SMILES string of the molecule is CC(C)(C)OC(=O)CCc1cccc(-c2nc(CC(=O)C3(c4ccc5c(c4)OC(F)(F)O5)CC3)cc3ccccc23)c1. The van der Waals surface area contributed by atoms with E-state index in [1.807, 2.05) is 75.4 Å². The van der Waals surface area contributed by atoms with E-state index in [0.29, 0.717) is 30.5 Å². The molecule has 1 aromatic heterocycles. The molecule has 0 unspecified atom stereocenters. The number of halogens is 2. The van der Waals surface area contributed by atoms with Gasteiger partial charge in [-0.15, -0.1) is 8.78 Å². The average molecular weight is 572 g/mol. The topological polar surface area (TPSA) is 74.7 Å². The molecule has 0 spiro atoms. The fourth-order valence-electron chi connectivity index (χ4n) is 5.51. The number of carbonyl (C=O) groups excluding carboxylic acids is 2. The number of fused-ring (bicyclic) bond motifs is 2. The van der Waals surface area contributed by atoms with Gasteiger partial charge in [0.25, 0.3) is 0 Å². The lowest BCUT2D eigenvalue weighted by atomic mass is 9.88. The molecule has 8 heteroatoms. The Kier molecular flexibility index (Phi) is 6.75. The number of alkyl halides is 2. The van der Waals surface area contributed by atoms with Crippen LogP contribution in [-0.4, -0.2) is 28.6 Å². The van der Waals surface area contributed by atoms with E-state index in [2.05, 4.69) is 9.47 Å². The lowest BCUT2D eigenvalue weighted by molar-refractivity contribution is -0.286. The summed E-state index contributed by atoms with van der Waals surface area (Å²) in [4.78, 5) is 30.9. The molecular weight excluding hydrogens is 540 g/mol. The van der Waals surface area contributed by atoms with Crippen molar-refractivity contribution >= 4 is 22.5 Å². The Morgan fingerprint density at radius 3 is 2.45 bits per heavy atom. The Labute approximate surface area is 242 Å². The molecular formula is C34H31F2NO5. The van der Waals surface area contributed by atoms with Crippen LogP contribution in [0.5, 0.6) is 11.5 Å². The molecule has 6 rings (SSSR count). The maximum Gasteiger partial charge on any atom is 0.586 e. The fraction of sp³-hybridized carbons (Fsp3) is 0.324. The third-order valence-corrected chi connectivity index (χ3v) is 7.61. The van der Waals surface area contributed by atoms with Gasteiger partial charge in [0.05, 0.1) is 11.1 Å². The number of hydrogen-bond acceptors (Lipinski definition) is 6. The number of ketones is 1. The largest absolute Gasteiger partial charge is 0.586 e. The van der Waals surface area contributed by atoms with Gasteiger partial charge in [-0.2, -0.15) is 0 Å². The number of hydrogen-bond donors (Lipinski definition) is 0. The molecule has 3 aromatic carbocycles. The molecule has 6 nitrogen and oxygen atoms in total. The van der Waals surface area contributed by atoms with E-state index in [4.69, 9.17) is 9.72 Å². The number of rotatable bonds is 8. The molecule has 1 aliphatic heterocycles. The molecule has 2 heterocycles. The Morgan fingerprint density at radius 2 is 1.69 bits per heavy atom. The summed E-state index contributed by atoms with van der Waals surface area (Å²) in [7, 11) is 0. The van der Waals surface area contributed by atoms with Crippen molar-refractivity contribution in [2.75, 3.05) is 0 Å². The Hall–Kier alpha value is -4.33. The number of aryl methyl sites for hydroxylation is 1. The Bertz CT molecular complexity index is 1700. The zero-order valence-corrected chi connectivity index (χ0v) is 23.7. The van der Waals surface area contributed by atoms with Gasteiger partial charge in [-0.05, 0) is 80.8 Å². The molecule has 216 valence electrons. The second-order valence-corrected chi connectivity index (χ2v) is 12.0. The van der Waals surface area contributed by atoms with Crippen molar-refractivity contribution in [2.24, 2.45) is 0 Å². The highest BCUT2D eigenvalue weighted by Crippen LogP contribution is 2.52. The van der Waals surface area contributed by atoms with E-state index < -0.39 is 17.3 Å². The molecule has 1 fully saturated rings. The van der Waals surface area contributed by atoms with Gasteiger partial charge in [-0.25, -0.2) is 0 Å². The van der Waals surface area contributed by atoms with Crippen molar-refractivity contribution in [2.45, 2.75) is 70.2 Å². The number of carbonyl (C=O) groups is 2. The number of aromatic nitrogens is 1. The highest BCUT2D eigenvalue weighted by atomic mass is 19.3. The van der Waals surface area contributed by atoms with Crippen molar-refractivity contribution in [3.8, 4) is 22.8 Å². The van der Waals surface area contributed by atoms with Crippen LogP contribution in [0.1, 0.15) is 56.9 Å². The summed E-state index contributed by atoms with van der Waals surface area (Å²) in [6.07, 6.45) is -1.56. The van der Waals surface area contributed by atoms with Crippen LogP contribution >= 0.6 is 0 Å². The van der Waals surface area contributed by atoms with E-state index in [9.17, 15) is 18.4 Å². The van der Waals surface area contributed by atoms with Gasteiger partial charge >= 0.3 is 12.3 Å². The van der Waals surface area contributed by atoms with E-state index in [1.165, 1.54) is 12.1 Å². The van der Waals surface area contributed by atoms with Crippen molar-refractivity contribution in [3.05, 3.63) is 89.6 Å². The molecule has 42 heavy (non-hydrogen) atoms. The van der Waals surface area contributed by atoms with Crippen LogP contribution in [0.3, 0.4) is 0 Å². The highest BCUT2D eigenvalue weighted by molar-refractivity contribution is 5.98. The third kappa shape index (κ3) is 5.71. The summed E-state index contributed by atoms with van der Waals surface area (Å²) in [6.45, 7) is 5.55. The molecule has 4 aromatic rings. The number of pyridine rings is 1. The van der Waals surface area contributed by atoms with Gasteiger partial charge in [0.1, 0.15) is 11.4 Å². The normalized spacial score (nSPS) is 16.3. The number of Topliss-reactive ketones (excluding diaryl/α,β-unsaturated/α-hetero) is 1. The minimum absolute atomic E-state index is 0.0204. The summed E-state index contributed by atoms with van der Waals surface area (Å²) in [5.74, 6) is -0.370. The summed E-state index contributed by atoms with van der Waals surface area (Å²) in [5.41, 5.74) is 2.61. The molecule has 0 N–H and O–H groups in total. The van der Waals surface area contributed by atoms with Crippen LogP contribution in [0.15, 0.2) is 72.8 Å². The van der Waals surface area contributed by atoms with Crippen LogP contribution in [0.4, 0.5) is 8.78 Å². The first-order chi connectivity index (χ1) is 19.9. The Morgan fingerprint density at radius 1 is 0.929 bits per heavy atom. The first kappa shape index (κ1) is 27.8. The molecule has 0 saturated heterocycles. The van der Waals surface area contributed by atoms with Crippen LogP contribution in [0, 0.1) is 0 Å². The molecule has 2 aliphatic rings. The van der Waals surface area contributed by atoms with E-state index in [-0.39, 0.29) is 36.1 Å². The van der Waals surface area contributed by atoms with Crippen molar-refractivity contribution in [1.29, 1.82) is 0 Å². The zero-order chi connectivity index (χ0) is 29.7. The molecule has 0 radical (unpaired) electrons. The lowest BCUT2D eigenvalue weighted by Crippen LogP contribution is -2.26. The first-order valence-corrected chi connectivity index (χ1v) is 14.0. The van der Waals surface area contributed by atoms with Crippen LogP contribution < -0.4 is 9.47 Å². The van der Waals surface area contributed by atoms with E-state index in [1.54, 1.807) is 6.07 Å². The number of ether oxygens (including phenoxy) is 3. The van der Waals surface area contributed by atoms with Crippen LogP contribution in [-0.2, 0) is 32.6 Å². The molecule has 0 atom stereocenters. The maximum absolute atomic E-state index is 13.7. The number of benzene rings is 3. The zero-order valence-electron chi connectivity index (χ0n) is 23.7. The second-order valence-electron chi connectivity index (χ2n) is 12.0. The average Bonchev–Trinajstić information content (AvgIpc) is 3.68. The van der Waals surface area contributed by atoms with Gasteiger partial charge < -0.3 is 14.2 Å². The fourth-order valence-corrected chi connectivity index (χ4v) is 5.51. The molecule has 1 aliphatic carbocycles. The highest BCUT2D eigenvalue weighted by Gasteiger charge is 2.52. The van der Waals surface area contributed by atoms with Gasteiger partial charge in [0, 0.05) is 29.5 Å². The predicted molar refractivity (Wildman–Crippen MR) is 154 cm³/mol. The first-order valence-electron chi connectivity index (χ1n) is 14.0. The minimum atomic E-state index is -3.71. The molecule has 0 bridgehead atoms. The summed E-state index contributed by atoms with van der Waals surface area (Å²) in [6, 6.07) is 22.3. The lowest BCUT2D eigenvalue weighted by Gasteiger charge is -2.19. The van der Waals surface area contributed by atoms with Crippen LogP contribution in [0.2, 0.25) is 0 Å². The van der Waals surface area contributed by atoms with Gasteiger partial charge in [0.15, 0.2) is 11.5 Å². The van der Waals surface area contributed by atoms with E-state index >= 15 is 0 Å². The van der Waals surface area contributed by atoms with Gasteiger partial charge in [-0.1, -0.05) is 48.5 Å². The van der Waals surface area contributed by atoms with Crippen molar-refractivity contribution in [3.63, 3.8) is 0 Å². The van der Waals surface area contributed by atoms with Gasteiger partial charge in [0.2, 0.25) is 0 Å². The second kappa shape index (κ2) is 10.2. The van der Waals surface area contributed by atoms with E-state index in [0.717, 1.165) is 27.6 Å². The summed E-state index contributed by atoms with van der Waals surface area (Å²) < 4.78 is 41.7. The quantitative estimate of drug-likeness (QED) is 0.206. The summed E-state index contributed by atoms with van der Waals surface area (Å²) >= 11 is 0. The standard InChI is InChI=1S/C34H31F2NO5/c1-32(2,3)42-30(39)14-11-21-7-6-9-23(17-21)31-26-10-5-4-8-22(26)18-25(37-31)20-29(38)33(15-16-33)24-12-13-27-28(19-24)41-34(35,36)40-27/h4-10,12-13,17-19H,11,14-16,20H2,1-3H3. The van der Waals surface area contributed by atoms with Crippen molar-refractivity contribution in [1.82, 2.24) is 4.98 Å². The summed E-state index contributed by atoms with van der Waals surface area (Å²) in [5, 5.41) is 1.91. The minimum Gasteiger partial charge on any atom is -0.460 e. The maximum atomic E-state index is 13.7. The number of esters is 1. The van der Waals surface area contributed by atoms with Gasteiger partial charge in [-0.3, -0.25) is 14.6 Å². The number of nitrogens with zero attached hydrogens (tertiary/aromatic N) is 1. The Balaban J connectivity index is 1.26. The molecule has 1 saturated carbocycles. The predicted octanol–water partition coefficient (Wildman–Crippen LogP) is 7.34. The van der Waals surface area contributed by atoms with Crippen LogP contribution in [0.25, 0.3) is 22.0 Å². The molecule has 0 amide bonds.